The zero-order chi connectivity index (χ0) is 34.5. The van der Waals surface area contributed by atoms with Gasteiger partial charge in [0.2, 0.25) is 35.4 Å². The number of aromatic nitrogens is 2. The van der Waals surface area contributed by atoms with Gasteiger partial charge in [0.15, 0.2) is 0 Å². The van der Waals surface area contributed by atoms with Crippen molar-refractivity contribution >= 4 is 78.8 Å². The molecule has 0 fully saturated rings. The number of fused-ring (bicyclic) bond motifs is 2. The first-order valence-electron chi connectivity index (χ1n) is 14.7. The summed E-state index contributed by atoms with van der Waals surface area (Å²) in [5, 5.41) is 17.0. The Bertz CT molecular complexity index is 1720. The third kappa shape index (κ3) is 11.2. The van der Waals surface area contributed by atoms with Crippen LogP contribution < -0.4 is 31.9 Å². The van der Waals surface area contributed by atoms with Crippen molar-refractivity contribution < 1.29 is 28.8 Å². The number of pyridine rings is 2. The molecule has 2 aromatic heterocycles. The normalized spacial score (nSPS) is 10.6. The molecule has 0 aliphatic rings. The molecule has 0 saturated carbocycles. The predicted molar refractivity (Wildman–Crippen MR) is 182 cm³/mol. The first-order valence-corrected chi connectivity index (χ1v) is 16.9. The molecule has 250 valence electrons. The number of nitrogens with one attached hydrogen (secondary N) is 6. The SMILES string of the molecule is CC(=O)NCC(=O)NCC(=O)NCc1cnc2c(SSc3cccc4cc(CNC(=O)CNC(=O)CNC(C)=O)cnc34)cccc2c1. The van der Waals surface area contributed by atoms with Gasteiger partial charge in [-0.2, -0.15) is 0 Å². The molecule has 0 atom stereocenters. The maximum atomic E-state index is 12.2. The Balaban J connectivity index is 1.30. The molecule has 48 heavy (non-hydrogen) atoms. The van der Waals surface area contributed by atoms with Crippen LogP contribution in [0.5, 0.6) is 0 Å². The van der Waals surface area contributed by atoms with Crippen LogP contribution in [-0.2, 0) is 41.9 Å². The number of carbonyl (C=O) groups is 6. The Kier molecular flexibility index (Phi) is 13.1. The fourth-order valence-corrected chi connectivity index (χ4v) is 6.49. The van der Waals surface area contributed by atoms with Crippen LogP contribution in [0.15, 0.2) is 70.7 Å². The van der Waals surface area contributed by atoms with Gasteiger partial charge in [0.05, 0.1) is 37.2 Å². The standard InChI is InChI=1S/C32H34N8O6S2/c1-19(41)33-15-27(43)37-17-29(45)35-11-21-9-23-5-3-7-25(31(23)39-13-21)47-48-26-8-4-6-24-10-22(14-40-32(24)26)12-36-30(46)18-38-28(44)16-34-20(2)42/h3-10,13-14H,11-12,15-18H2,1-2H3,(H,33,41)(H,34,42)(H,35,45)(H,36,46)(H,37,43)(H,38,44). The summed E-state index contributed by atoms with van der Waals surface area (Å²) in [4.78, 5) is 80.7. The van der Waals surface area contributed by atoms with Crippen molar-refractivity contribution in [2.45, 2.75) is 36.7 Å². The lowest BCUT2D eigenvalue weighted by atomic mass is 10.1. The minimum Gasteiger partial charge on any atom is -0.350 e. The fraction of sp³-hybridized carbons (Fsp3) is 0.250. The van der Waals surface area contributed by atoms with E-state index in [2.05, 4.69) is 41.9 Å². The van der Waals surface area contributed by atoms with Crippen LogP contribution in [0.3, 0.4) is 0 Å². The quantitative estimate of drug-likeness (QED) is 0.0989. The Morgan fingerprint density at radius 3 is 1.31 bits per heavy atom. The molecule has 0 saturated heterocycles. The van der Waals surface area contributed by atoms with Crippen LogP contribution in [0.25, 0.3) is 21.8 Å². The smallest absolute Gasteiger partial charge is 0.239 e. The van der Waals surface area contributed by atoms with E-state index in [-0.39, 0.29) is 62.9 Å². The molecule has 0 aliphatic carbocycles. The van der Waals surface area contributed by atoms with Gasteiger partial charge in [0.25, 0.3) is 0 Å². The van der Waals surface area contributed by atoms with E-state index < -0.39 is 11.8 Å². The minimum atomic E-state index is -0.456. The topological polar surface area (TPSA) is 200 Å². The number of rotatable bonds is 15. The highest BCUT2D eigenvalue weighted by atomic mass is 33.1. The molecule has 14 nitrogen and oxygen atoms in total. The highest BCUT2D eigenvalue weighted by molar-refractivity contribution is 8.76. The van der Waals surface area contributed by atoms with Crippen molar-refractivity contribution in [3.05, 3.63) is 72.1 Å². The molecular weight excluding hydrogens is 657 g/mol. The lowest BCUT2D eigenvalue weighted by Gasteiger charge is -2.10. The third-order valence-electron chi connectivity index (χ3n) is 6.55. The van der Waals surface area contributed by atoms with Gasteiger partial charge in [-0.05, 0) is 35.4 Å². The number of hydrogen-bond donors (Lipinski definition) is 6. The highest BCUT2D eigenvalue weighted by Gasteiger charge is 2.11. The van der Waals surface area contributed by atoms with Crippen molar-refractivity contribution in [2.24, 2.45) is 0 Å². The average Bonchev–Trinajstić information content (AvgIpc) is 3.08. The molecule has 0 radical (unpaired) electrons. The van der Waals surface area contributed by atoms with Gasteiger partial charge in [-0.25, -0.2) is 0 Å². The number of para-hydroxylation sites is 2. The molecule has 2 heterocycles. The number of benzene rings is 2. The van der Waals surface area contributed by atoms with Crippen LogP contribution in [0.4, 0.5) is 0 Å². The van der Waals surface area contributed by atoms with E-state index in [1.165, 1.54) is 13.8 Å². The molecule has 2 aromatic carbocycles. The molecule has 0 aliphatic heterocycles. The van der Waals surface area contributed by atoms with Crippen molar-refractivity contribution in [1.82, 2.24) is 41.9 Å². The van der Waals surface area contributed by atoms with Crippen LogP contribution in [0, 0.1) is 0 Å². The molecular formula is C32H34N8O6S2. The summed E-state index contributed by atoms with van der Waals surface area (Å²) in [7, 11) is 3.10. The highest BCUT2D eigenvalue weighted by Crippen LogP contribution is 2.42. The van der Waals surface area contributed by atoms with Gasteiger partial charge in [0.1, 0.15) is 0 Å². The van der Waals surface area contributed by atoms with E-state index in [4.69, 9.17) is 0 Å². The second-order valence-corrected chi connectivity index (χ2v) is 12.6. The van der Waals surface area contributed by atoms with Gasteiger partial charge in [-0.15, -0.1) is 0 Å². The van der Waals surface area contributed by atoms with Crippen molar-refractivity contribution in [3.63, 3.8) is 0 Å². The molecule has 0 bridgehead atoms. The van der Waals surface area contributed by atoms with Gasteiger partial charge in [0, 0.05) is 59.9 Å². The summed E-state index contributed by atoms with van der Waals surface area (Å²) in [6, 6.07) is 15.7. The Morgan fingerprint density at radius 2 is 0.917 bits per heavy atom. The lowest BCUT2D eigenvalue weighted by molar-refractivity contribution is -0.127. The Morgan fingerprint density at radius 1 is 0.542 bits per heavy atom. The first kappa shape index (κ1) is 35.6. The summed E-state index contributed by atoms with van der Waals surface area (Å²) in [5.74, 6) is -2.30. The van der Waals surface area contributed by atoms with Crippen molar-refractivity contribution in [3.8, 4) is 0 Å². The first-order chi connectivity index (χ1) is 23.1. The predicted octanol–water partition coefficient (Wildman–Crippen LogP) is 1.32. The summed E-state index contributed by atoms with van der Waals surface area (Å²) in [5.41, 5.74) is 3.22. The van der Waals surface area contributed by atoms with Gasteiger partial charge < -0.3 is 31.9 Å². The van der Waals surface area contributed by atoms with Crippen molar-refractivity contribution in [1.29, 1.82) is 0 Å². The zero-order valence-corrected chi connectivity index (χ0v) is 27.8. The molecule has 6 N–H and O–H groups in total. The average molecular weight is 691 g/mol. The molecule has 0 spiro atoms. The summed E-state index contributed by atoms with van der Waals surface area (Å²) in [6.45, 7) is 2.28. The second kappa shape index (κ2) is 17.6. The number of hydrogen-bond acceptors (Lipinski definition) is 10. The third-order valence-corrected chi connectivity index (χ3v) is 8.98. The Hall–Kier alpha value is -5.22. The van der Waals surface area contributed by atoms with E-state index in [9.17, 15) is 28.8 Å². The van der Waals surface area contributed by atoms with Crippen LogP contribution in [0.1, 0.15) is 25.0 Å². The van der Waals surface area contributed by atoms with E-state index >= 15 is 0 Å². The molecule has 4 rings (SSSR count). The second-order valence-electron chi connectivity index (χ2n) is 10.4. The Labute approximate surface area is 283 Å². The molecule has 4 aromatic rings. The van der Waals surface area contributed by atoms with E-state index in [1.807, 2.05) is 48.5 Å². The molecule has 6 amide bonds. The zero-order valence-electron chi connectivity index (χ0n) is 26.2. The van der Waals surface area contributed by atoms with Gasteiger partial charge >= 0.3 is 0 Å². The van der Waals surface area contributed by atoms with Crippen LogP contribution in [-0.4, -0.2) is 71.6 Å². The van der Waals surface area contributed by atoms with Crippen LogP contribution in [0.2, 0.25) is 0 Å². The van der Waals surface area contributed by atoms with Gasteiger partial charge in [-0.3, -0.25) is 38.7 Å². The number of carbonyl (C=O) groups excluding carboxylic acids is 6. The summed E-state index contributed by atoms with van der Waals surface area (Å²) >= 11 is 0. The van der Waals surface area contributed by atoms with Crippen LogP contribution >= 0.6 is 21.6 Å². The van der Waals surface area contributed by atoms with E-state index in [1.54, 1.807) is 34.0 Å². The van der Waals surface area contributed by atoms with Gasteiger partial charge in [-0.1, -0.05) is 45.9 Å². The monoisotopic (exact) mass is 690 g/mol. The van der Waals surface area contributed by atoms with Crippen molar-refractivity contribution in [2.75, 3.05) is 26.2 Å². The minimum absolute atomic E-state index is 0.191. The van der Waals surface area contributed by atoms with E-state index in [0.717, 1.165) is 42.7 Å². The largest absolute Gasteiger partial charge is 0.350 e. The molecule has 16 heteroatoms. The number of amides is 6. The maximum absolute atomic E-state index is 12.2. The maximum Gasteiger partial charge on any atom is 0.239 e. The lowest BCUT2D eigenvalue weighted by Crippen LogP contribution is -2.41. The molecule has 0 unspecified atom stereocenters. The number of nitrogens with zero attached hydrogens (tertiary/aromatic N) is 2. The summed E-state index contributed by atoms with van der Waals surface area (Å²) in [6.07, 6.45) is 3.40. The van der Waals surface area contributed by atoms with E-state index in [0.29, 0.717) is 0 Å². The fourth-order valence-electron chi connectivity index (χ4n) is 4.19. The summed E-state index contributed by atoms with van der Waals surface area (Å²) < 4.78 is 0.